The maximum Gasteiger partial charge on any atom is 0.251 e. The minimum Gasteiger partial charge on any atom is -0.493 e. The normalized spacial score (nSPS) is 20.3. The molecule has 0 aliphatic carbocycles. The van der Waals surface area contributed by atoms with Crippen LogP contribution in [0, 0.1) is 0 Å². The second-order valence-electron chi connectivity index (χ2n) is 6.20. The molecule has 7 heteroatoms. The molecule has 2 amide bonds. The predicted octanol–water partition coefficient (Wildman–Crippen LogP) is 1.26. The van der Waals surface area contributed by atoms with Crippen LogP contribution in [0.5, 0.6) is 5.75 Å². The van der Waals surface area contributed by atoms with Gasteiger partial charge in [0.05, 0.1) is 13.2 Å². The molecule has 1 unspecified atom stereocenters. The number of nitrogens with zero attached hydrogens (tertiary/aromatic N) is 1. The molecule has 24 heavy (non-hydrogen) atoms. The third kappa shape index (κ3) is 3.82. The Morgan fingerprint density at radius 1 is 1.42 bits per heavy atom. The maximum atomic E-state index is 12.2. The van der Waals surface area contributed by atoms with Gasteiger partial charge < -0.3 is 20.1 Å². The Kier molecular flexibility index (Phi) is 5.26. The highest BCUT2D eigenvalue weighted by molar-refractivity contribution is 6.30. The lowest BCUT2D eigenvalue weighted by molar-refractivity contribution is -0.142. The highest BCUT2D eigenvalue weighted by Gasteiger charge is 2.26. The van der Waals surface area contributed by atoms with Crippen LogP contribution in [0.2, 0.25) is 5.02 Å². The summed E-state index contributed by atoms with van der Waals surface area (Å²) in [6.45, 7) is 1.38. The van der Waals surface area contributed by atoms with Crippen LogP contribution in [0.1, 0.15) is 30.4 Å². The molecule has 1 aromatic rings. The van der Waals surface area contributed by atoms with Crippen molar-refractivity contribution in [1.29, 1.82) is 0 Å². The van der Waals surface area contributed by atoms with E-state index in [-0.39, 0.29) is 18.4 Å². The summed E-state index contributed by atoms with van der Waals surface area (Å²) < 4.78 is 5.61. The molecule has 1 atom stereocenters. The highest BCUT2D eigenvalue weighted by atomic mass is 35.5. The minimum atomic E-state index is -0.995. The molecule has 1 fully saturated rings. The molecule has 2 N–H and O–H groups in total. The molecule has 0 spiro atoms. The van der Waals surface area contributed by atoms with Crippen LogP contribution < -0.4 is 10.1 Å². The van der Waals surface area contributed by atoms with Gasteiger partial charge in [-0.3, -0.25) is 9.59 Å². The number of aliphatic hydroxyl groups is 1. The Hall–Kier alpha value is -1.79. The van der Waals surface area contributed by atoms with E-state index in [0.717, 1.165) is 36.1 Å². The van der Waals surface area contributed by atoms with Crippen LogP contribution in [0.25, 0.3) is 0 Å². The number of hydrogen-bond donors (Lipinski definition) is 2. The van der Waals surface area contributed by atoms with Crippen LogP contribution in [-0.2, 0) is 22.6 Å². The molecule has 2 heterocycles. The van der Waals surface area contributed by atoms with Crippen molar-refractivity contribution in [2.45, 2.75) is 38.3 Å². The van der Waals surface area contributed by atoms with E-state index in [9.17, 15) is 14.7 Å². The number of rotatable bonds is 4. The van der Waals surface area contributed by atoms with E-state index in [1.165, 1.54) is 4.90 Å². The molecule has 0 aromatic heterocycles. The monoisotopic (exact) mass is 352 g/mol. The van der Waals surface area contributed by atoms with Gasteiger partial charge in [0.15, 0.2) is 0 Å². The van der Waals surface area contributed by atoms with Gasteiger partial charge in [0.2, 0.25) is 5.91 Å². The summed E-state index contributed by atoms with van der Waals surface area (Å²) in [5, 5.41) is 13.2. The van der Waals surface area contributed by atoms with Crippen molar-refractivity contribution < 1.29 is 19.4 Å². The maximum absolute atomic E-state index is 12.2. The van der Waals surface area contributed by atoms with Gasteiger partial charge in [0.25, 0.3) is 5.91 Å². The van der Waals surface area contributed by atoms with E-state index in [2.05, 4.69) is 5.32 Å². The third-order valence-corrected chi connectivity index (χ3v) is 4.61. The molecule has 0 bridgehead atoms. The van der Waals surface area contributed by atoms with Crippen LogP contribution in [0.15, 0.2) is 12.1 Å². The molecule has 6 nitrogen and oxygen atoms in total. The zero-order valence-electron chi connectivity index (χ0n) is 13.4. The number of ether oxygens (including phenoxy) is 1. The average Bonchev–Trinajstić information content (AvgIpc) is 2.96. The zero-order valence-corrected chi connectivity index (χ0v) is 14.1. The van der Waals surface area contributed by atoms with E-state index in [0.29, 0.717) is 31.1 Å². The Labute approximate surface area is 145 Å². The van der Waals surface area contributed by atoms with E-state index in [4.69, 9.17) is 16.3 Å². The molecule has 0 saturated carbocycles. The van der Waals surface area contributed by atoms with E-state index >= 15 is 0 Å². The first-order chi connectivity index (χ1) is 11.5. The number of likely N-dealkylation sites (tertiary alicyclic amines) is 1. The first kappa shape index (κ1) is 17.0. The summed E-state index contributed by atoms with van der Waals surface area (Å²) >= 11 is 6.10. The van der Waals surface area contributed by atoms with Crippen molar-refractivity contribution in [3.63, 3.8) is 0 Å². The number of aliphatic hydroxyl groups excluding tert-OH is 1. The van der Waals surface area contributed by atoms with Crippen molar-refractivity contribution in [2.24, 2.45) is 0 Å². The van der Waals surface area contributed by atoms with Gasteiger partial charge in [-0.15, -0.1) is 0 Å². The molecule has 2 aliphatic heterocycles. The van der Waals surface area contributed by atoms with Crippen molar-refractivity contribution in [2.75, 3.05) is 19.7 Å². The predicted molar refractivity (Wildman–Crippen MR) is 88.9 cm³/mol. The van der Waals surface area contributed by atoms with Gasteiger partial charge >= 0.3 is 0 Å². The van der Waals surface area contributed by atoms with Crippen LogP contribution in [0.3, 0.4) is 0 Å². The van der Waals surface area contributed by atoms with Gasteiger partial charge in [-0.1, -0.05) is 11.6 Å². The van der Waals surface area contributed by atoms with E-state index in [1.807, 2.05) is 6.07 Å². The Balaban J connectivity index is 1.59. The lowest BCUT2D eigenvalue weighted by Crippen LogP contribution is -2.44. The fraction of sp³-hybridized carbons (Fsp3) is 0.529. The van der Waals surface area contributed by atoms with Crippen LogP contribution in [0.4, 0.5) is 0 Å². The minimum absolute atomic E-state index is 0.0422. The van der Waals surface area contributed by atoms with Crippen molar-refractivity contribution in [1.82, 2.24) is 10.2 Å². The van der Waals surface area contributed by atoms with Gasteiger partial charge in [0, 0.05) is 30.1 Å². The second-order valence-corrected chi connectivity index (χ2v) is 6.64. The standard InChI is InChI=1S/C17H21ClN2O4/c18-13-7-11-4-6-24-16(11)12(8-13)9-19-15(22)10-20-5-2-1-3-14(21)17(20)23/h7-8,14,21H,1-6,9-10H2,(H,19,22). The number of fused-ring (bicyclic) bond motifs is 1. The van der Waals surface area contributed by atoms with E-state index < -0.39 is 6.10 Å². The van der Waals surface area contributed by atoms with Crippen LogP contribution >= 0.6 is 11.6 Å². The van der Waals surface area contributed by atoms with Gasteiger partial charge in [-0.2, -0.15) is 0 Å². The molecule has 0 radical (unpaired) electrons. The third-order valence-electron chi connectivity index (χ3n) is 4.39. The quantitative estimate of drug-likeness (QED) is 0.855. The number of carbonyl (C=O) groups excluding carboxylic acids is 2. The van der Waals surface area contributed by atoms with Gasteiger partial charge in [0.1, 0.15) is 11.9 Å². The average molecular weight is 353 g/mol. The lowest BCUT2D eigenvalue weighted by atomic mass is 10.1. The Morgan fingerprint density at radius 2 is 2.25 bits per heavy atom. The molecule has 130 valence electrons. The SMILES string of the molecule is O=C(CN1CCCCC(O)C1=O)NCc1cc(Cl)cc2c1OCC2. The number of carbonyl (C=O) groups is 2. The first-order valence-corrected chi connectivity index (χ1v) is 8.60. The Morgan fingerprint density at radius 3 is 3.08 bits per heavy atom. The number of nitrogens with one attached hydrogen (secondary N) is 1. The molecule has 1 aromatic carbocycles. The second kappa shape index (κ2) is 7.40. The fourth-order valence-corrected chi connectivity index (χ4v) is 3.41. The lowest BCUT2D eigenvalue weighted by Gasteiger charge is -2.21. The largest absolute Gasteiger partial charge is 0.493 e. The molecular weight excluding hydrogens is 332 g/mol. The summed E-state index contributed by atoms with van der Waals surface area (Å²) in [7, 11) is 0. The summed E-state index contributed by atoms with van der Waals surface area (Å²) in [6.07, 6.45) is 1.87. The van der Waals surface area contributed by atoms with Crippen LogP contribution in [-0.4, -0.2) is 47.6 Å². The van der Waals surface area contributed by atoms with Crippen molar-refractivity contribution in [3.05, 3.63) is 28.3 Å². The fourth-order valence-electron chi connectivity index (χ4n) is 3.14. The summed E-state index contributed by atoms with van der Waals surface area (Å²) in [5.74, 6) is 0.166. The zero-order chi connectivity index (χ0) is 17.1. The number of halogens is 1. The molecule has 3 rings (SSSR count). The number of benzene rings is 1. The molecular formula is C17H21ClN2O4. The first-order valence-electron chi connectivity index (χ1n) is 8.22. The Bertz CT molecular complexity index is 650. The smallest absolute Gasteiger partial charge is 0.251 e. The topological polar surface area (TPSA) is 78.9 Å². The van der Waals surface area contributed by atoms with Gasteiger partial charge in [-0.25, -0.2) is 0 Å². The summed E-state index contributed by atoms with van der Waals surface area (Å²) in [5.41, 5.74) is 1.89. The highest BCUT2D eigenvalue weighted by Crippen LogP contribution is 2.32. The summed E-state index contributed by atoms with van der Waals surface area (Å²) in [6, 6.07) is 3.67. The van der Waals surface area contributed by atoms with Gasteiger partial charge in [-0.05, 0) is 37.0 Å². The van der Waals surface area contributed by atoms with Crippen molar-refractivity contribution >= 4 is 23.4 Å². The number of amides is 2. The molecule has 1 saturated heterocycles. The number of hydrogen-bond acceptors (Lipinski definition) is 4. The summed E-state index contributed by atoms with van der Waals surface area (Å²) in [4.78, 5) is 25.6. The van der Waals surface area contributed by atoms with E-state index in [1.54, 1.807) is 6.07 Å². The van der Waals surface area contributed by atoms with Crippen molar-refractivity contribution in [3.8, 4) is 5.75 Å². The molecule has 2 aliphatic rings.